The summed E-state index contributed by atoms with van der Waals surface area (Å²) in [7, 11) is 0. The lowest BCUT2D eigenvalue weighted by atomic mass is 10.1. The molecule has 4 N–H and O–H groups in total. The van der Waals surface area contributed by atoms with Crippen molar-refractivity contribution in [3.05, 3.63) is 64.9 Å². The fourth-order valence-corrected chi connectivity index (χ4v) is 2.79. The Hall–Kier alpha value is -3.53. The summed E-state index contributed by atoms with van der Waals surface area (Å²) in [5.41, 5.74) is 5.85. The highest BCUT2D eigenvalue weighted by atomic mass is 35.5. The van der Waals surface area contributed by atoms with Crippen LogP contribution in [0.1, 0.15) is 22.8 Å². The molecule has 0 radical (unpaired) electrons. The molecular formula is C20H17ClF3N5O2. The van der Waals surface area contributed by atoms with Crippen LogP contribution in [-0.2, 0) is 10.9 Å². The third-order valence-electron chi connectivity index (χ3n) is 4.11. The maximum atomic E-state index is 13.0. The first-order valence-electron chi connectivity index (χ1n) is 8.98. The van der Waals surface area contributed by atoms with E-state index < -0.39 is 17.7 Å². The number of benzene rings is 2. The number of ether oxygens (including phenoxy) is 1. The summed E-state index contributed by atoms with van der Waals surface area (Å²) in [6.07, 6.45) is -3.38. The number of hydrogen-bond acceptors (Lipinski definition) is 7. The van der Waals surface area contributed by atoms with Crippen LogP contribution in [0.25, 0.3) is 0 Å². The monoisotopic (exact) mass is 451 g/mol. The summed E-state index contributed by atoms with van der Waals surface area (Å²) in [5.74, 6) is -0.364. The molecule has 0 fully saturated rings. The number of anilines is 5. The number of nitrogens with two attached hydrogens (primary N) is 1. The molecule has 3 aromatic rings. The summed E-state index contributed by atoms with van der Waals surface area (Å²) in [6.45, 7) is 1.89. The number of rotatable bonds is 6. The number of hydrogen-bond donors (Lipinski definition) is 3. The van der Waals surface area contributed by atoms with Gasteiger partial charge in [-0.25, -0.2) is 14.8 Å². The zero-order valence-corrected chi connectivity index (χ0v) is 16.9. The van der Waals surface area contributed by atoms with E-state index in [2.05, 4.69) is 20.6 Å². The standard InChI is InChI=1S/C20H17ClF3N5O2/c1-2-31-19(30)12-5-3-4-6-14(12)28-17-16(25)18(27-10-26-17)29-15-9-11(20(22,23)24)7-8-13(15)21/h3-10H,2,25H2,1H3,(H2,26,27,28,29). The molecule has 0 amide bonds. The molecule has 1 aromatic heterocycles. The van der Waals surface area contributed by atoms with E-state index >= 15 is 0 Å². The van der Waals surface area contributed by atoms with Crippen molar-refractivity contribution >= 4 is 46.3 Å². The highest BCUT2D eigenvalue weighted by Crippen LogP contribution is 2.36. The maximum absolute atomic E-state index is 13.0. The van der Waals surface area contributed by atoms with Gasteiger partial charge in [-0.05, 0) is 37.3 Å². The van der Waals surface area contributed by atoms with Gasteiger partial charge in [0.15, 0.2) is 11.6 Å². The molecule has 0 unspecified atom stereocenters. The average Bonchev–Trinajstić information content (AvgIpc) is 2.72. The minimum Gasteiger partial charge on any atom is -0.462 e. The molecule has 1 heterocycles. The second kappa shape index (κ2) is 9.09. The third-order valence-corrected chi connectivity index (χ3v) is 4.44. The summed E-state index contributed by atoms with van der Waals surface area (Å²) >= 11 is 6.02. The number of aromatic nitrogens is 2. The molecule has 0 spiro atoms. The van der Waals surface area contributed by atoms with Crippen LogP contribution in [0, 0.1) is 0 Å². The molecule has 0 aliphatic heterocycles. The average molecular weight is 452 g/mol. The Bertz CT molecular complexity index is 1110. The van der Waals surface area contributed by atoms with Gasteiger partial charge in [-0.3, -0.25) is 0 Å². The Morgan fingerprint density at radius 3 is 2.39 bits per heavy atom. The zero-order valence-electron chi connectivity index (χ0n) is 16.1. The van der Waals surface area contributed by atoms with Crippen LogP contribution in [0.15, 0.2) is 48.8 Å². The molecule has 162 valence electrons. The Labute approximate surface area is 180 Å². The van der Waals surface area contributed by atoms with Crippen molar-refractivity contribution in [1.29, 1.82) is 0 Å². The molecule has 0 saturated heterocycles. The van der Waals surface area contributed by atoms with Crippen molar-refractivity contribution in [2.24, 2.45) is 0 Å². The van der Waals surface area contributed by atoms with E-state index in [4.69, 9.17) is 22.1 Å². The molecule has 3 rings (SSSR count). The second-order valence-electron chi connectivity index (χ2n) is 6.19. The topological polar surface area (TPSA) is 102 Å². The zero-order chi connectivity index (χ0) is 22.6. The van der Waals surface area contributed by atoms with Crippen molar-refractivity contribution in [2.45, 2.75) is 13.1 Å². The van der Waals surface area contributed by atoms with Gasteiger partial charge in [0.25, 0.3) is 0 Å². The highest BCUT2D eigenvalue weighted by molar-refractivity contribution is 6.33. The van der Waals surface area contributed by atoms with Gasteiger partial charge in [0.05, 0.1) is 34.1 Å². The molecule has 0 aliphatic rings. The molecule has 11 heteroatoms. The first kappa shape index (κ1) is 22.2. The second-order valence-corrected chi connectivity index (χ2v) is 6.60. The number of para-hydroxylation sites is 1. The number of esters is 1. The van der Waals surface area contributed by atoms with Crippen LogP contribution in [0.3, 0.4) is 0 Å². The number of carbonyl (C=O) groups is 1. The normalized spacial score (nSPS) is 11.1. The number of carbonyl (C=O) groups excluding carboxylic acids is 1. The SMILES string of the molecule is CCOC(=O)c1ccccc1Nc1ncnc(Nc2cc(C(F)(F)F)ccc2Cl)c1N. The predicted octanol–water partition coefficient (Wildman–Crippen LogP) is 5.39. The summed E-state index contributed by atoms with van der Waals surface area (Å²) in [4.78, 5) is 20.2. The van der Waals surface area contributed by atoms with E-state index in [9.17, 15) is 18.0 Å². The van der Waals surface area contributed by atoms with Crippen molar-refractivity contribution in [3.8, 4) is 0 Å². The molecule has 31 heavy (non-hydrogen) atoms. The van der Waals surface area contributed by atoms with E-state index in [0.29, 0.717) is 5.69 Å². The summed E-state index contributed by atoms with van der Waals surface area (Å²) < 4.78 is 44.1. The minimum absolute atomic E-state index is 0.00893. The van der Waals surface area contributed by atoms with Crippen molar-refractivity contribution in [2.75, 3.05) is 23.0 Å². The Balaban J connectivity index is 1.92. The van der Waals surface area contributed by atoms with E-state index in [1.807, 2.05) is 0 Å². The largest absolute Gasteiger partial charge is 0.462 e. The molecule has 0 bridgehead atoms. The molecule has 2 aromatic carbocycles. The lowest BCUT2D eigenvalue weighted by Crippen LogP contribution is -2.10. The van der Waals surface area contributed by atoms with E-state index in [-0.39, 0.29) is 40.2 Å². The quantitative estimate of drug-likeness (QED) is 0.431. The first-order valence-corrected chi connectivity index (χ1v) is 9.36. The maximum Gasteiger partial charge on any atom is 0.416 e. The highest BCUT2D eigenvalue weighted by Gasteiger charge is 2.31. The fraction of sp³-hybridized carbons (Fsp3) is 0.150. The van der Waals surface area contributed by atoms with Gasteiger partial charge in [-0.15, -0.1) is 0 Å². The molecular weight excluding hydrogens is 435 g/mol. The van der Waals surface area contributed by atoms with E-state index in [1.54, 1.807) is 31.2 Å². The molecule has 7 nitrogen and oxygen atoms in total. The number of alkyl halides is 3. The predicted molar refractivity (Wildman–Crippen MR) is 112 cm³/mol. The summed E-state index contributed by atoms with van der Waals surface area (Å²) in [5, 5.41) is 5.67. The number of nitrogens with zero attached hydrogens (tertiary/aromatic N) is 2. The number of nitrogens with one attached hydrogen (secondary N) is 2. The van der Waals surface area contributed by atoms with Crippen LogP contribution in [0.2, 0.25) is 5.02 Å². The number of nitrogen functional groups attached to an aromatic ring is 1. The van der Waals surface area contributed by atoms with Crippen LogP contribution in [0.5, 0.6) is 0 Å². The van der Waals surface area contributed by atoms with Crippen molar-refractivity contribution in [1.82, 2.24) is 9.97 Å². The van der Waals surface area contributed by atoms with Gasteiger partial charge in [-0.2, -0.15) is 13.2 Å². The first-order chi connectivity index (χ1) is 14.7. The Kier molecular flexibility index (Phi) is 6.50. The van der Waals surface area contributed by atoms with Gasteiger partial charge < -0.3 is 21.1 Å². The van der Waals surface area contributed by atoms with Crippen molar-refractivity contribution in [3.63, 3.8) is 0 Å². The molecule has 0 atom stereocenters. The Morgan fingerprint density at radius 2 is 1.74 bits per heavy atom. The molecule has 0 saturated carbocycles. The lowest BCUT2D eigenvalue weighted by molar-refractivity contribution is -0.137. The third kappa shape index (κ3) is 5.15. The van der Waals surface area contributed by atoms with Gasteiger partial charge >= 0.3 is 12.1 Å². The minimum atomic E-state index is -4.54. The van der Waals surface area contributed by atoms with Crippen molar-refractivity contribution < 1.29 is 22.7 Å². The summed E-state index contributed by atoms with van der Waals surface area (Å²) in [6, 6.07) is 9.42. The smallest absolute Gasteiger partial charge is 0.416 e. The van der Waals surface area contributed by atoms with Gasteiger partial charge in [0, 0.05) is 0 Å². The van der Waals surface area contributed by atoms with Crippen LogP contribution < -0.4 is 16.4 Å². The van der Waals surface area contributed by atoms with Gasteiger partial charge in [0.2, 0.25) is 0 Å². The van der Waals surface area contributed by atoms with E-state index in [1.165, 1.54) is 0 Å². The molecule has 0 aliphatic carbocycles. The van der Waals surface area contributed by atoms with Crippen LogP contribution in [0.4, 0.5) is 41.9 Å². The lowest BCUT2D eigenvalue weighted by Gasteiger charge is -2.16. The van der Waals surface area contributed by atoms with Gasteiger partial charge in [-0.1, -0.05) is 23.7 Å². The fourth-order valence-electron chi connectivity index (χ4n) is 2.63. The van der Waals surface area contributed by atoms with Crippen LogP contribution >= 0.6 is 11.6 Å². The van der Waals surface area contributed by atoms with Crippen LogP contribution in [-0.4, -0.2) is 22.5 Å². The Morgan fingerprint density at radius 1 is 1.10 bits per heavy atom. The van der Waals surface area contributed by atoms with E-state index in [0.717, 1.165) is 24.5 Å². The number of halogens is 4. The van der Waals surface area contributed by atoms with Gasteiger partial charge in [0.1, 0.15) is 12.0 Å².